The van der Waals surface area contributed by atoms with E-state index in [1.807, 2.05) is 30.3 Å². The smallest absolute Gasteiger partial charge is 0.266 e. The lowest BCUT2D eigenvalue weighted by Crippen LogP contribution is -2.38. The summed E-state index contributed by atoms with van der Waals surface area (Å²) in [5.41, 5.74) is 2.21. The summed E-state index contributed by atoms with van der Waals surface area (Å²) in [5, 5.41) is 0. The van der Waals surface area contributed by atoms with Crippen molar-refractivity contribution in [3.63, 3.8) is 0 Å². The molecule has 0 unspecified atom stereocenters. The molecule has 5 nitrogen and oxygen atoms in total. The quantitative estimate of drug-likeness (QED) is 0.789. The van der Waals surface area contributed by atoms with E-state index in [1.165, 1.54) is 0 Å². The number of amides is 1. The molecule has 0 heterocycles. The van der Waals surface area contributed by atoms with Crippen molar-refractivity contribution in [2.75, 3.05) is 6.26 Å². The molecule has 6 heteroatoms. The maximum atomic E-state index is 12.4. The maximum absolute atomic E-state index is 12.4. The van der Waals surface area contributed by atoms with Gasteiger partial charge in [-0.3, -0.25) is 9.63 Å². The van der Waals surface area contributed by atoms with Crippen molar-refractivity contribution >= 4 is 15.9 Å². The summed E-state index contributed by atoms with van der Waals surface area (Å²) in [5.74, 6) is -0.708. The van der Waals surface area contributed by atoms with Gasteiger partial charge in [0.2, 0.25) is 0 Å². The Hall–Kier alpha value is -2.18. The normalized spacial score (nSPS) is 11.5. The van der Waals surface area contributed by atoms with E-state index >= 15 is 0 Å². The zero-order chi connectivity index (χ0) is 17.0. The zero-order valence-corrected chi connectivity index (χ0v) is 14.1. The highest BCUT2D eigenvalue weighted by Crippen LogP contribution is 2.20. The molecule has 0 saturated heterocycles. The van der Waals surface area contributed by atoms with Gasteiger partial charge in [0, 0.05) is 5.56 Å². The van der Waals surface area contributed by atoms with Crippen LogP contribution in [0.15, 0.2) is 54.6 Å². The molecule has 23 heavy (non-hydrogen) atoms. The van der Waals surface area contributed by atoms with Crippen molar-refractivity contribution in [2.45, 2.75) is 20.0 Å². The summed E-state index contributed by atoms with van der Waals surface area (Å²) in [4.78, 5) is 17.5. The minimum absolute atomic E-state index is 0.246. The lowest BCUT2D eigenvalue weighted by atomic mass is 10.0. The molecular weight excluding hydrogens is 314 g/mol. The molecule has 0 bridgehead atoms. The fourth-order valence-electron chi connectivity index (χ4n) is 2.01. The molecule has 0 aromatic heterocycles. The van der Waals surface area contributed by atoms with Gasteiger partial charge in [-0.15, -0.1) is 4.47 Å². The van der Waals surface area contributed by atoms with Crippen LogP contribution in [0.25, 0.3) is 11.1 Å². The molecule has 2 aromatic rings. The average molecular weight is 333 g/mol. The molecule has 0 aliphatic heterocycles. The van der Waals surface area contributed by atoms with E-state index in [9.17, 15) is 13.2 Å². The topological polar surface area (TPSA) is 63.7 Å². The van der Waals surface area contributed by atoms with E-state index in [1.54, 1.807) is 38.1 Å². The third-order valence-corrected chi connectivity index (χ3v) is 3.87. The van der Waals surface area contributed by atoms with Crippen LogP contribution in [0.5, 0.6) is 0 Å². The Bertz CT molecular complexity index is 768. The second-order valence-corrected chi connectivity index (χ2v) is 7.19. The molecule has 2 aromatic carbocycles. The molecule has 0 spiro atoms. The first-order valence-electron chi connectivity index (χ1n) is 7.16. The number of benzene rings is 2. The van der Waals surface area contributed by atoms with Crippen molar-refractivity contribution < 1.29 is 18.0 Å². The minimum atomic E-state index is -3.81. The summed E-state index contributed by atoms with van der Waals surface area (Å²) >= 11 is 0. The molecule has 0 fully saturated rings. The number of hydrogen-bond donors (Lipinski definition) is 0. The van der Waals surface area contributed by atoms with Crippen LogP contribution in [0.4, 0.5) is 0 Å². The van der Waals surface area contributed by atoms with Gasteiger partial charge in [0.05, 0.1) is 12.4 Å². The zero-order valence-electron chi connectivity index (χ0n) is 13.3. The Morgan fingerprint density at radius 1 is 0.957 bits per heavy atom. The Labute approximate surface area is 136 Å². The van der Waals surface area contributed by atoms with E-state index in [-0.39, 0.29) is 5.56 Å². The molecular formula is C17H19NO4S. The molecule has 1 amide bonds. The number of hydroxylamine groups is 1. The highest BCUT2D eigenvalue weighted by molar-refractivity contribution is 7.88. The molecule has 0 aliphatic carbocycles. The fourth-order valence-corrected chi connectivity index (χ4v) is 2.74. The van der Waals surface area contributed by atoms with Crippen LogP contribution in [0, 0.1) is 0 Å². The summed E-state index contributed by atoms with van der Waals surface area (Å²) in [6.45, 7) is 3.31. The standard InChI is InChI=1S/C17H19NO4S/c1-13(2)22-18(23(3,20)21)17(19)16-11-9-15(10-12-16)14-7-5-4-6-8-14/h4-13H,1-3H3. The monoisotopic (exact) mass is 333 g/mol. The van der Waals surface area contributed by atoms with Crippen LogP contribution in [0.2, 0.25) is 0 Å². The maximum Gasteiger partial charge on any atom is 0.291 e. The van der Waals surface area contributed by atoms with Crippen LogP contribution < -0.4 is 0 Å². The highest BCUT2D eigenvalue weighted by Gasteiger charge is 2.27. The van der Waals surface area contributed by atoms with Gasteiger partial charge in [0.1, 0.15) is 0 Å². The molecule has 122 valence electrons. The third kappa shape index (κ3) is 4.40. The van der Waals surface area contributed by atoms with Gasteiger partial charge < -0.3 is 0 Å². The van der Waals surface area contributed by atoms with Crippen molar-refractivity contribution in [3.8, 4) is 11.1 Å². The van der Waals surface area contributed by atoms with Gasteiger partial charge >= 0.3 is 0 Å². The predicted octanol–water partition coefficient (Wildman–Crippen LogP) is 3.10. The molecule has 2 rings (SSSR count). The number of hydrogen-bond acceptors (Lipinski definition) is 4. The molecule has 0 atom stereocenters. The first-order valence-corrected chi connectivity index (χ1v) is 9.01. The van der Waals surface area contributed by atoms with E-state index in [2.05, 4.69) is 0 Å². The largest absolute Gasteiger partial charge is 0.291 e. The van der Waals surface area contributed by atoms with Crippen LogP contribution in [-0.4, -0.2) is 31.2 Å². The van der Waals surface area contributed by atoms with Crippen LogP contribution in [0.3, 0.4) is 0 Å². The minimum Gasteiger partial charge on any atom is -0.266 e. The SMILES string of the molecule is CC(C)ON(C(=O)c1ccc(-c2ccccc2)cc1)S(C)(=O)=O. The molecule has 0 saturated carbocycles. The summed E-state index contributed by atoms with van der Waals surface area (Å²) < 4.78 is 23.9. The van der Waals surface area contributed by atoms with E-state index in [0.29, 0.717) is 4.47 Å². The van der Waals surface area contributed by atoms with E-state index in [4.69, 9.17) is 4.84 Å². The second kappa shape index (κ2) is 6.93. The highest BCUT2D eigenvalue weighted by atomic mass is 32.2. The first-order chi connectivity index (χ1) is 10.8. The number of nitrogens with zero attached hydrogens (tertiary/aromatic N) is 1. The Morgan fingerprint density at radius 2 is 1.48 bits per heavy atom. The van der Waals surface area contributed by atoms with Gasteiger partial charge in [-0.05, 0) is 37.1 Å². The number of rotatable bonds is 5. The molecule has 0 radical (unpaired) electrons. The van der Waals surface area contributed by atoms with Gasteiger partial charge in [-0.2, -0.15) is 0 Å². The van der Waals surface area contributed by atoms with Crippen molar-refractivity contribution in [2.24, 2.45) is 0 Å². The first kappa shape index (κ1) is 17.2. The van der Waals surface area contributed by atoms with E-state index < -0.39 is 22.0 Å². The van der Waals surface area contributed by atoms with Gasteiger partial charge in [0.25, 0.3) is 15.9 Å². The van der Waals surface area contributed by atoms with Gasteiger partial charge in [-0.25, -0.2) is 8.42 Å². The third-order valence-electron chi connectivity index (χ3n) is 3.01. The summed E-state index contributed by atoms with van der Waals surface area (Å²) in [7, 11) is -3.81. The van der Waals surface area contributed by atoms with Crippen molar-refractivity contribution in [3.05, 3.63) is 60.2 Å². The summed E-state index contributed by atoms with van der Waals surface area (Å²) in [6.07, 6.45) is 0.503. The summed E-state index contributed by atoms with van der Waals surface area (Å²) in [6, 6.07) is 16.4. The lowest BCUT2D eigenvalue weighted by molar-refractivity contribution is -0.0914. The molecule has 0 N–H and O–H groups in total. The number of carbonyl (C=O) groups excluding carboxylic acids is 1. The van der Waals surface area contributed by atoms with Crippen LogP contribution in [0.1, 0.15) is 24.2 Å². The van der Waals surface area contributed by atoms with E-state index in [0.717, 1.165) is 17.4 Å². The second-order valence-electron chi connectivity index (χ2n) is 5.39. The van der Waals surface area contributed by atoms with Crippen LogP contribution >= 0.6 is 0 Å². The average Bonchev–Trinajstić information content (AvgIpc) is 2.52. The van der Waals surface area contributed by atoms with Crippen molar-refractivity contribution in [1.82, 2.24) is 4.47 Å². The Kier molecular flexibility index (Phi) is 5.18. The molecule has 0 aliphatic rings. The van der Waals surface area contributed by atoms with Crippen molar-refractivity contribution in [1.29, 1.82) is 0 Å². The Morgan fingerprint density at radius 3 is 1.96 bits per heavy atom. The van der Waals surface area contributed by atoms with Gasteiger partial charge in [-0.1, -0.05) is 42.5 Å². The van der Waals surface area contributed by atoms with Crippen LogP contribution in [-0.2, 0) is 14.9 Å². The van der Waals surface area contributed by atoms with Gasteiger partial charge in [0.15, 0.2) is 0 Å². The number of sulfonamides is 1. The Balaban J connectivity index is 2.28. The predicted molar refractivity (Wildman–Crippen MR) is 89.1 cm³/mol. The lowest BCUT2D eigenvalue weighted by Gasteiger charge is -2.21. The number of carbonyl (C=O) groups is 1. The fraction of sp³-hybridized carbons (Fsp3) is 0.235.